The standard InChI is InChI=1S/C14H26N4/c1-10(15)8-12-11(2)16-17(5)13(12)18-7-6-14(3,4)9-18/h10H,6-9,15H2,1-5H3. The Hall–Kier alpha value is -1.03. The molecule has 0 spiro atoms. The fourth-order valence-electron chi connectivity index (χ4n) is 2.94. The van der Waals surface area contributed by atoms with Gasteiger partial charge in [-0.3, -0.25) is 4.68 Å². The van der Waals surface area contributed by atoms with E-state index < -0.39 is 0 Å². The molecule has 1 saturated heterocycles. The van der Waals surface area contributed by atoms with E-state index in [2.05, 4.69) is 37.7 Å². The summed E-state index contributed by atoms with van der Waals surface area (Å²) in [6, 6.07) is 0.183. The van der Waals surface area contributed by atoms with Crippen LogP contribution in [0.15, 0.2) is 0 Å². The molecule has 1 aromatic heterocycles. The molecular formula is C14H26N4. The first-order chi connectivity index (χ1) is 8.30. The number of hydrogen-bond acceptors (Lipinski definition) is 3. The second-order valence-electron chi connectivity index (χ2n) is 6.53. The number of hydrogen-bond donors (Lipinski definition) is 1. The molecule has 2 heterocycles. The molecule has 0 aliphatic carbocycles. The predicted octanol–water partition coefficient (Wildman–Crippen LogP) is 1.85. The Bertz CT molecular complexity index is 431. The van der Waals surface area contributed by atoms with Crippen molar-refractivity contribution < 1.29 is 0 Å². The SMILES string of the molecule is Cc1nn(C)c(N2CCC(C)(C)C2)c1CC(C)N. The van der Waals surface area contributed by atoms with Gasteiger partial charge in [-0.2, -0.15) is 5.10 Å². The Labute approximate surface area is 110 Å². The zero-order chi connectivity index (χ0) is 13.5. The number of nitrogens with zero attached hydrogens (tertiary/aromatic N) is 3. The van der Waals surface area contributed by atoms with Crippen LogP contribution >= 0.6 is 0 Å². The third-order valence-corrected chi connectivity index (χ3v) is 3.82. The Kier molecular flexibility index (Phi) is 3.41. The monoisotopic (exact) mass is 250 g/mol. The van der Waals surface area contributed by atoms with Crippen LogP contribution in [0.5, 0.6) is 0 Å². The van der Waals surface area contributed by atoms with Gasteiger partial charge in [-0.15, -0.1) is 0 Å². The molecule has 4 nitrogen and oxygen atoms in total. The highest BCUT2D eigenvalue weighted by atomic mass is 15.4. The zero-order valence-electron chi connectivity index (χ0n) is 12.3. The van der Waals surface area contributed by atoms with E-state index in [1.807, 2.05) is 11.7 Å². The lowest BCUT2D eigenvalue weighted by atomic mass is 9.93. The van der Waals surface area contributed by atoms with Crippen LogP contribution in [0, 0.1) is 12.3 Å². The van der Waals surface area contributed by atoms with Crippen molar-refractivity contribution >= 4 is 5.82 Å². The summed E-state index contributed by atoms with van der Waals surface area (Å²) < 4.78 is 2.02. The van der Waals surface area contributed by atoms with Gasteiger partial charge >= 0.3 is 0 Å². The van der Waals surface area contributed by atoms with Gasteiger partial charge in [-0.05, 0) is 32.1 Å². The van der Waals surface area contributed by atoms with Crippen molar-refractivity contribution in [3.05, 3.63) is 11.3 Å². The molecule has 1 unspecified atom stereocenters. The summed E-state index contributed by atoms with van der Waals surface area (Å²) in [5.74, 6) is 1.27. The maximum Gasteiger partial charge on any atom is 0.130 e. The number of anilines is 1. The molecule has 0 bridgehead atoms. The molecule has 4 heteroatoms. The lowest BCUT2D eigenvalue weighted by Gasteiger charge is -2.23. The summed E-state index contributed by atoms with van der Waals surface area (Å²) in [5, 5.41) is 4.58. The van der Waals surface area contributed by atoms with Crippen molar-refractivity contribution in [1.29, 1.82) is 0 Å². The van der Waals surface area contributed by atoms with E-state index in [0.717, 1.165) is 25.2 Å². The first-order valence-electron chi connectivity index (χ1n) is 6.83. The maximum atomic E-state index is 5.97. The zero-order valence-corrected chi connectivity index (χ0v) is 12.3. The van der Waals surface area contributed by atoms with Gasteiger partial charge in [-0.25, -0.2) is 0 Å². The molecule has 102 valence electrons. The fraction of sp³-hybridized carbons (Fsp3) is 0.786. The third-order valence-electron chi connectivity index (χ3n) is 3.82. The van der Waals surface area contributed by atoms with Crippen LogP contribution in [0.4, 0.5) is 5.82 Å². The van der Waals surface area contributed by atoms with Crippen molar-refractivity contribution in [3.8, 4) is 0 Å². The molecule has 2 rings (SSSR count). The lowest BCUT2D eigenvalue weighted by molar-refractivity contribution is 0.418. The minimum Gasteiger partial charge on any atom is -0.356 e. The van der Waals surface area contributed by atoms with E-state index in [1.165, 1.54) is 17.8 Å². The first-order valence-corrected chi connectivity index (χ1v) is 6.83. The van der Waals surface area contributed by atoms with Crippen LogP contribution in [-0.4, -0.2) is 28.9 Å². The van der Waals surface area contributed by atoms with Gasteiger partial charge in [0, 0.05) is 31.7 Å². The third kappa shape index (κ3) is 2.53. The molecule has 1 aliphatic heterocycles. The van der Waals surface area contributed by atoms with E-state index in [9.17, 15) is 0 Å². The Morgan fingerprint density at radius 3 is 2.61 bits per heavy atom. The minimum absolute atomic E-state index is 0.183. The van der Waals surface area contributed by atoms with Gasteiger partial charge in [0.1, 0.15) is 5.82 Å². The van der Waals surface area contributed by atoms with Gasteiger partial charge in [0.25, 0.3) is 0 Å². The van der Waals surface area contributed by atoms with Crippen LogP contribution in [0.25, 0.3) is 0 Å². The van der Waals surface area contributed by atoms with Crippen molar-refractivity contribution in [2.75, 3.05) is 18.0 Å². The molecular weight excluding hydrogens is 224 g/mol. The van der Waals surface area contributed by atoms with E-state index >= 15 is 0 Å². The average molecular weight is 250 g/mol. The summed E-state index contributed by atoms with van der Waals surface area (Å²) in [7, 11) is 2.04. The smallest absolute Gasteiger partial charge is 0.130 e. The minimum atomic E-state index is 0.183. The summed E-state index contributed by atoms with van der Waals surface area (Å²) in [6.07, 6.45) is 2.15. The number of nitrogens with two attached hydrogens (primary N) is 1. The molecule has 0 amide bonds. The molecule has 1 fully saturated rings. The summed E-state index contributed by atoms with van der Waals surface area (Å²) in [6.45, 7) is 11.0. The fourth-order valence-corrected chi connectivity index (χ4v) is 2.94. The molecule has 0 saturated carbocycles. The predicted molar refractivity (Wildman–Crippen MR) is 75.9 cm³/mol. The topological polar surface area (TPSA) is 47.1 Å². The lowest BCUT2D eigenvalue weighted by Crippen LogP contribution is -2.27. The maximum absolute atomic E-state index is 5.97. The van der Waals surface area contributed by atoms with E-state index in [1.54, 1.807) is 0 Å². The van der Waals surface area contributed by atoms with Crippen LogP contribution in [0.1, 0.15) is 38.4 Å². The highest BCUT2D eigenvalue weighted by Crippen LogP contribution is 2.35. The quantitative estimate of drug-likeness (QED) is 0.890. The Morgan fingerprint density at radius 2 is 2.11 bits per heavy atom. The largest absolute Gasteiger partial charge is 0.356 e. The van der Waals surface area contributed by atoms with Crippen LogP contribution in [-0.2, 0) is 13.5 Å². The number of aromatic nitrogens is 2. The molecule has 2 N–H and O–H groups in total. The van der Waals surface area contributed by atoms with Crippen molar-refractivity contribution in [3.63, 3.8) is 0 Å². The van der Waals surface area contributed by atoms with E-state index in [-0.39, 0.29) is 6.04 Å². The first kappa shape index (κ1) is 13.4. The summed E-state index contributed by atoms with van der Waals surface area (Å²) in [4.78, 5) is 2.47. The molecule has 1 aliphatic rings. The second kappa shape index (κ2) is 4.57. The highest BCUT2D eigenvalue weighted by molar-refractivity contribution is 5.51. The van der Waals surface area contributed by atoms with Crippen molar-refractivity contribution in [2.45, 2.75) is 46.6 Å². The Balaban J connectivity index is 2.32. The molecule has 0 aromatic carbocycles. The van der Waals surface area contributed by atoms with Gasteiger partial charge in [0.15, 0.2) is 0 Å². The van der Waals surface area contributed by atoms with Crippen molar-refractivity contribution in [1.82, 2.24) is 9.78 Å². The van der Waals surface area contributed by atoms with Gasteiger partial charge < -0.3 is 10.6 Å². The number of aryl methyl sites for hydroxylation is 2. The van der Waals surface area contributed by atoms with Gasteiger partial charge in [-0.1, -0.05) is 13.8 Å². The van der Waals surface area contributed by atoms with Gasteiger partial charge in [0.05, 0.1) is 5.69 Å². The average Bonchev–Trinajstić information content (AvgIpc) is 2.68. The van der Waals surface area contributed by atoms with E-state index in [4.69, 9.17) is 5.73 Å². The van der Waals surface area contributed by atoms with Crippen molar-refractivity contribution in [2.24, 2.45) is 18.2 Å². The van der Waals surface area contributed by atoms with Crippen LogP contribution in [0.2, 0.25) is 0 Å². The second-order valence-corrected chi connectivity index (χ2v) is 6.53. The van der Waals surface area contributed by atoms with Crippen LogP contribution < -0.4 is 10.6 Å². The molecule has 0 radical (unpaired) electrons. The highest BCUT2D eigenvalue weighted by Gasteiger charge is 2.32. The molecule has 1 atom stereocenters. The number of rotatable bonds is 3. The summed E-state index contributed by atoms with van der Waals surface area (Å²) >= 11 is 0. The van der Waals surface area contributed by atoms with E-state index in [0.29, 0.717) is 5.41 Å². The normalized spacial score (nSPS) is 20.4. The molecule has 18 heavy (non-hydrogen) atoms. The van der Waals surface area contributed by atoms with Gasteiger partial charge in [0.2, 0.25) is 0 Å². The van der Waals surface area contributed by atoms with Crippen LogP contribution in [0.3, 0.4) is 0 Å². The molecule has 1 aromatic rings. The Morgan fingerprint density at radius 1 is 1.44 bits per heavy atom. The summed E-state index contributed by atoms with van der Waals surface area (Å²) in [5.41, 5.74) is 8.82.